The number of aliphatic carboxylic acids is 1. The molecular weight excluding hydrogens is 418 g/mol. The molecule has 3 amide bonds. The molecule has 0 aromatic rings. The van der Waals surface area contributed by atoms with Gasteiger partial charge in [-0.25, -0.2) is 4.79 Å². The van der Waals surface area contributed by atoms with Crippen molar-refractivity contribution in [2.24, 2.45) is 17.4 Å². The smallest absolute Gasteiger partial charge is 0.328 e. The summed E-state index contributed by atoms with van der Waals surface area (Å²) in [6.07, 6.45) is 2.16. The van der Waals surface area contributed by atoms with Crippen molar-refractivity contribution >= 4 is 23.7 Å². The van der Waals surface area contributed by atoms with Gasteiger partial charge in [0.25, 0.3) is 0 Å². The summed E-state index contributed by atoms with van der Waals surface area (Å²) in [5, 5.41) is 23.9. The number of nitrogens with one attached hydrogen (secondary N) is 2. The van der Waals surface area contributed by atoms with Crippen LogP contribution in [0.2, 0.25) is 0 Å². The molecule has 0 spiro atoms. The highest BCUT2D eigenvalue weighted by atomic mass is 16.4. The van der Waals surface area contributed by atoms with Crippen molar-refractivity contribution < 1.29 is 29.4 Å². The topological polar surface area (TPSA) is 188 Å². The highest BCUT2D eigenvalue weighted by Crippen LogP contribution is 2.22. The van der Waals surface area contributed by atoms with Crippen LogP contribution < -0.4 is 22.1 Å². The van der Waals surface area contributed by atoms with Crippen molar-refractivity contribution in [2.75, 3.05) is 13.1 Å². The lowest BCUT2D eigenvalue weighted by atomic mass is 9.96. The molecule has 0 aliphatic carbocycles. The van der Waals surface area contributed by atoms with Crippen molar-refractivity contribution in [3.63, 3.8) is 0 Å². The minimum Gasteiger partial charge on any atom is -0.480 e. The Bertz CT molecular complexity index is 659. The average Bonchev–Trinajstić information content (AvgIpc) is 3.24. The highest BCUT2D eigenvalue weighted by Gasteiger charge is 2.40. The lowest BCUT2D eigenvalue weighted by Gasteiger charge is -2.32. The molecule has 8 N–H and O–H groups in total. The molecule has 6 atom stereocenters. The minimum atomic E-state index is -1.48. The number of hydrogen-bond donors (Lipinski definition) is 6. The van der Waals surface area contributed by atoms with Crippen LogP contribution in [-0.2, 0) is 19.2 Å². The van der Waals surface area contributed by atoms with Crippen molar-refractivity contribution in [1.82, 2.24) is 15.5 Å². The van der Waals surface area contributed by atoms with Crippen LogP contribution in [0.3, 0.4) is 0 Å². The summed E-state index contributed by atoms with van der Waals surface area (Å²) in [5.41, 5.74) is 11.4. The normalized spacial score (nSPS) is 20.7. The molecule has 1 heterocycles. The Morgan fingerprint density at radius 2 is 1.78 bits per heavy atom. The van der Waals surface area contributed by atoms with Gasteiger partial charge in [0.1, 0.15) is 12.1 Å². The van der Waals surface area contributed by atoms with E-state index < -0.39 is 54.0 Å². The van der Waals surface area contributed by atoms with Crippen molar-refractivity contribution in [3.8, 4) is 0 Å². The van der Waals surface area contributed by atoms with E-state index in [1.807, 2.05) is 13.8 Å². The predicted octanol–water partition coefficient (Wildman–Crippen LogP) is -1.09. The van der Waals surface area contributed by atoms with Gasteiger partial charge in [-0.15, -0.1) is 0 Å². The van der Waals surface area contributed by atoms with E-state index in [0.29, 0.717) is 45.2 Å². The second kappa shape index (κ2) is 13.3. The van der Waals surface area contributed by atoms with Crippen LogP contribution in [0.25, 0.3) is 0 Å². The predicted molar refractivity (Wildman–Crippen MR) is 118 cm³/mol. The Kier molecular flexibility index (Phi) is 11.6. The summed E-state index contributed by atoms with van der Waals surface area (Å²) >= 11 is 0. The molecule has 11 heteroatoms. The van der Waals surface area contributed by atoms with Crippen LogP contribution in [0, 0.1) is 5.92 Å². The summed E-state index contributed by atoms with van der Waals surface area (Å²) in [6.45, 7) is 5.82. The molecule has 1 aliphatic heterocycles. The number of amides is 3. The molecule has 32 heavy (non-hydrogen) atoms. The number of rotatable bonds is 13. The van der Waals surface area contributed by atoms with E-state index in [1.165, 1.54) is 11.8 Å². The molecular formula is C21H39N5O6. The zero-order valence-electron chi connectivity index (χ0n) is 19.3. The molecule has 1 aliphatic rings. The summed E-state index contributed by atoms with van der Waals surface area (Å²) in [5.74, 6) is -3.03. The number of aliphatic hydroxyl groups excluding tert-OH is 1. The van der Waals surface area contributed by atoms with E-state index in [4.69, 9.17) is 11.5 Å². The zero-order valence-corrected chi connectivity index (χ0v) is 19.3. The molecule has 184 valence electrons. The number of nitrogens with zero attached hydrogens (tertiary/aromatic N) is 1. The molecule has 0 bridgehead atoms. The maximum atomic E-state index is 13.3. The Morgan fingerprint density at radius 1 is 1.12 bits per heavy atom. The fourth-order valence-electron chi connectivity index (χ4n) is 3.70. The van der Waals surface area contributed by atoms with Crippen molar-refractivity contribution in [2.45, 2.75) is 89.6 Å². The van der Waals surface area contributed by atoms with E-state index in [-0.39, 0.29) is 5.92 Å². The largest absolute Gasteiger partial charge is 0.480 e. The maximum Gasteiger partial charge on any atom is 0.328 e. The lowest BCUT2D eigenvalue weighted by Crippen LogP contribution is -2.59. The number of carbonyl (C=O) groups is 4. The van der Waals surface area contributed by atoms with Crippen molar-refractivity contribution in [1.29, 1.82) is 0 Å². The third-order valence-electron chi connectivity index (χ3n) is 5.97. The molecule has 11 nitrogen and oxygen atoms in total. The number of likely N-dealkylation sites (tertiary alicyclic amines) is 1. The number of nitrogens with two attached hydrogens (primary N) is 2. The van der Waals surface area contributed by atoms with E-state index in [2.05, 4.69) is 10.6 Å². The molecule has 1 fully saturated rings. The van der Waals surface area contributed by atoms with Gasteiger partial charge in [-0.05, 0) is 45.1 Å². The number of aliphatic hydroxyl groups is 1. The molecule has 0 radical (unpaired) electrons. The Hall–Kier alpha value is -2.24. The fourth-order valence-corrected chi connectivity index (χ4v) is 3.70. The number of carboxylic acids is 1. The third-order valence-corrected chi connectivity index (χ3v) is 5.97. The van der Waals surface area contributed by atoms with Gasteiger partial charge >= 0.3 is 5.97 Å². The monoisotopic (exact) mass is 457 g/mol. The van der Waals surface area contributed by atoms with Crippen molar-refractivity contribution in [3.05, 3.63) is 0 Å². The van der Waals surface area contributed by atoms with Crippen LogP contribution in [0.1, 0.15) is 59.3 Å². The first-order chi connectivity index (χ1) is 15.0. The summed E-state index contributed by atoms with van der Waals surface area (Å²) in [4.78, 5) is 51.3. The van der Waals surface area contributed by atoms with Gasteiger partial charge in [-0.1, -0.05) is 26.7 Å². The average molecular weight is 458 g/mol. The van der Waals surface area contributed by atoms with E-state index >= 15 is 0 Å². The summed E-state index contributed by atoms with van der Waals surface area (Å²) in [6, 6.07) is -3.96. The zero-order chi connectivity index (χ0) is 24.4. The molecule has 0 saturated carbocycles. The Balaban J connectivity index is 2.93. The number of hydrogen-bond acceptors (Lipinski definition) is 7. The quantitative estimate of drug-likeness (QED) is 0.188. The first-order valence-electron chi connectivity index (χ1n) is 11.3. The van der Waals surface area contributed by atoms with E-state index in [9.17, 15) is 29.4 Å². The van der Waals surface area contributed by atoms with Gasteiger partial charge in [0.15, 0.2) is 6.04 Å². The van der Waals surface area contributed by atoms with Crippen LogP contribution in [0.15, 0.2) is 0 Å². The van der Waals surface area contributed by atoms with Gasteiger partial charge in [0.2, 0.25) is 17.7 Å². The third kappa shape index (κ3) is 7.72. The molecule has 1 saturated heterocycles. The van der Waals surface area contributed by atoms with E-state index in [0.717, 1.165) is 6.42 Å². The minimum absolute atomic E-state index is 0.198. The van der Waals surface area contributed by atoms with Crippen LogP contribution in [0.5, 0.6) is 0 Å². The van der Waals surface area contributed by atoms with Gasteiger partial charge in [-0.3, -0.25) is 14.4 Å². The summed E-state index contributed by atoms with van der Waals surface area (Å²) in [7, 11) is 0. The first-order valence-corrected chi connectivity index (χ1v) is 11.3. The summed E-state index contributed by atoms with van der Waals surface area (Å²) < 4.78 is 0. The Labute approximate surface area is 189 Å². The molecule has 1 rings (SSSR count). The number of carboxylic acid groups (broad SMARTS) is 1. The van der Waals surface area contributed by atoms with E-state index in [1.54, 1.807) is 0 Å². The molecule has 0 aromatic heterocycles. The Morgan fingerprint density at radius 3 is 2.31 bits per heavy atom. The SMILES string of the molecule is CCC(C)C(NC(=O)C(N)CCCCN)C(=O)N1CCCC1C(=O)NC(C(=O)O)C(C)O. The van der Waals surface area contributed by atoms with Crippen LogP contribution >= 0.6 is 0 Å². The lowest BCUT2D eigenvalue weighted by molar-refractivity contribution is -0.147. The second-order valence-electron chi connectivity index (χ2n) is 8.52. The highest BCUT2D eigenvalue weighted by molar-refractivity contribution is 5.94. The number of carbonyl (C=O) groups excluding carboxylic acids is 3. The maximum absolute atomic E-state index is 13.3. The second-order valence-corrected chi connectivity index (χ2v) is 8.52. The molecule has 6 unspecified atom stereocenters. The molecule has 0 aromatic carbocycles. The van der Waals surface area contributed by atoms with Gasteiger partial charge < -0.3 is 37.2 Å². The van der Waals surface area contributed by atoms with Crippen LogP contribution in [0.4, 0.5) is 0 Å². The van der Waals surface area contributed by atoms with Gasteiger partial charge in [-0.2, -0.15) is 0 Å². The van der Waals surface area contributed by atoms with Gasteiger partial charge in [0, 0.05) is 6.54 Å². The van der Waals surface area contributed by atoms with Crippen LogP contribution in [-0.4, -0.2) is 82.2 Å². The number of unbranched alkanes of at least 4 members (excludes halogenated alkanes) is 1. The standard InChI is InChI=1S/C21H39N5O6/c1-4-12(2)16(24-18(28)14(23)8-5-6-10-22)20(30)26-11-7-9-15(26)19(29)25-17(13(3)27)21(31)32/h12-17,27H,4-11,22-23H2,1-3H3,(H,24,28)(H,25,29)(H,31,32). The fraction of sp³-hybridized carbons (Fsp3) is 0.810. The van der Waals surface area contributed by atoms with Gasteiger partial charge in [0.05, 0.1) is 12.1 Å². The first kappa shape index (κ1) is 27.8.